The third-order valence-corrected chi connectivity index (χ3v) is 2.87. The molecule has 2 unspecified atom stereocenters. The van der Waals surface area contributed by atoms with Gasteiger partial charge in [0.1, 0.15) is 0 Å². The Balaban J connectivity index is 1.96. The molecule has 1 N–H and O–H groups in total. The van der Waals surface area contributed by atoms with E-state index in [4.69, 9.17) is 0 Å². The van der Waals surface area contributed by atoms with Crippen molar-refractivity contribution in [2.75, 3.05) is 11.9 Å². The number of unbranched alkanes of at least 4 members (excludes halogenated alkanes) is 1. The molecule has 0 spiro atoms. The first kappa shape index (κ1) is 10.0. The van der Waals surface area contributed by atoms with E-state index in [1.54, 1.807) is 0 Å². The van der Waals surface area contributed by atoms with Crippen molar-refractivity contribution in [1.29, 1.82) is 0 Å². The van der Waals surface area contributed by atoms with Gasteiger partial charge in [0.25, 0.3) is 0 Å². The summed E-state index contributed by atoms with van der Waals surface area (Å²) in [5, 5.41) is 3.98. The van der Waals surface area contributed by atoms with Crippen LogP contribution >= 0.6 is 15.9 Å². The number of rotatable bonds is 5. The largest absolute Gasteiger partial charge is 0.356 e. The molecule has 1 rings (SSSR count). The van der Waals surface area contributed by atoms with E-state index in [1.807, 2.05) is 0 Å². The van der Waals surface area contributed by atoms with Gasteiger partial charge >= 0.3 is 0 Å². The van der Waals surface area contributed by atoms with Crippen LogP contribution in [0.5, 0.6) is 0 Å². The third kappa shape index (κ3) is 3.13. The molecule has 0 aliphatic heterocycles. The van der Waals surface area contributed by atoms with E-state index in [9.17, 15) is 4.79 Å². The van der Waals surface area contributed by atoms with Crippen LogP contribution in [0.1, 0.15) is 26.2 Å². The lowest BCUT2D eigenvalue weighted by Crippen LogP contribution is -2.26. The van der Waals surface area contributed by atoms with Gasteiger partial charge in [-0.3, -0.25) is 4.79 Å². The molecule has 70 valence electrons. The van der Waals surface area contributed by atoms with Gasteiger partial charge in [0.2, 0.25) is 5.91 Å². The van der Waals surface area contributed by atoms with Gasteiger partial charge in [-0.25, -0.2) is 0 Å². The number of alkyl halides is 1. The normalized spacial score (nSPS) is 26.8. The molecule has 0 aromatic carbocycles. The Labute approximate surface area is 82.2 Å². The topological polar surface area (TPSA) is 29.1 Å². The van der Waals surface area contributed by atoms with Crippen molar-refractivity contribution in [3.63, 3.8) is 0 Å². The first-order valence-corrected chi connectivity index (χ1v) is 5.71. The number of hydrogen-bond donors (Lipinski definition) is 1. The van der Waals surface area contributed by atoms with Crippen LogP contribution < -0.4 is 5.32 Å². The van der Waals surface area contributed by atoms with Crippen LogP contribution in [0.15, 0.2) is 0 Å². The van der Waals surface area contributed by atoms with Gasteiger partial charge in [0.05, 0.1) is 0 Å². The Morgan fingerprint density at radius 2 is 2.25 bits per heavy atom. The Kier molecular flexibility index (Phi) is 4.06. The molecular formula is C9H16BrNO. The summed E-state index contributed by atoms with van der Waals surface area (Å²) in [6, 6.07) is 0. The number of halogens is 1. The molecule has 1 amide bonds. The molecule has 0 radical (unpaired) electrons. The highest BCUT2D eigenvalue weighted by molar-refractivity contribution is 9.09. The van der Waals surface area contributed by atoms with Gasteiger partial charge < -0.3 is 5.32 Å². The second-order valence-corrected chi connectivity index (χ2v) is 4.30. The molecule has 0 bridgehead atoms. The lowest BCUT2D eigenvalue weighted by molar-refractivity contribution is -0.122. The zero-order chi connectivity index (χ0) is 8.97. The van der Waals surface area contributed by atoms with E-state index in [1.165, 1.54) is 0 Å². The van der Waals surface area contributed by atoms with Crippen molar-refractivity contribution < 1.29 is 4.79 Å². The first-order valence-electron chi connectivity index (χ1n) is 4.59. The zero-order valence-corrected chi connectivity index (χ0v) is 9.06. The van der Waals surface area contributed by atoms with Crippen LogP contribution in [0, 0.1) is 11.8 Å². The number of amides is 1. The summed E-state index contributed by atoms with van der Waals surface area (Å²) in [5.41, 5.74) is 0. The van der Waals surface area contributed by atoms with Gasteiger partial charge in [-0.05, 0) is 25.2 Å². The van der Waals surface area contributed by atoms with Gasteiger partial charge in [0.15, 0.2) is 0 Å². The Morgan fingerprint density at radius 1 is 1.58 bits per heavy atom. The van der Waals surface area contributed by atoms with Crippen LogP contribution in [0.3, 0.4) is 0 Å². The lowest BCUT2D eigenvalue weighted by Gasteiger charge is -2.02. The van der Waals surface area contributed by atoms with E-state index in [0.717, 1.165) is 31.1 Å². The molecule has 2 nitrogen and oxygen atoms in total. The molecule has 0 aromatic rings. The summed E-state index contributed by atoms with van der Waals surface area (Å²) in [5.74, 6) is 1.22. The summed E-state index contributed by atoms with van der Waals surface area (Å²) in [4.78, 5) is 11.3. The fourth-order valence-electron chi connectivity index (χ4n) is 1.25. The smallest absolute Gasteiger partial charge is 0.223 e. The SMILES string of the molecule is CC1CC1C(=O)NCCCCBr. The minimum atomic E-state index is 0.261. The molecule has 2 atom stereocenters. The van der Waals surface area contributed by atoms with Crippen LogP contribution in [-0.4, -0.2) is 17.8 Å². The molecule has 0 heterocycles. The van der Waals surface area contributed by atoms with E-state index in [2.05, 4.69) is 28.2 Å². The molecule has 0 saturated heterocycles. The molecule has 3 heteroatoms. The van der Waals surface area contributed by atoms with Crippen molar-refractivity contribution in [3.8, 4) is 0 Å². The van der Waals surface area contributed by atoms with E-state index >= 15 is 0 Å². The average Bonchev–Trinajstić information content (AvgIpc) is 2.76. The summed E-state index contributed by atoms with van der Waals surface area (Å²) in [6.45, 7) is 2.97. The number of nitrogens with one attached hydrogen (secondary N) is 1. The van der Waals surface area contributed by atoms with Crippen LogP contribution in [0.25, 0.3) is 0 Å². The quantitative estimate of drug-likeness (QED) is 0.571. The van der Waals surface area contributed by atoms with Crippen molar-refractivity contribution in [3.05, 3.63) is 0 Å². The van der Waals surface area contributed by atoms with Crippen molar-refractivity contribution in [2.24, 2.45) is 11.8 Å². The molecule has 1 fully saturated rings. The maximum absolute atomic E-state index is 11.3. The number of hydrogen-bond acceptors (Lipinski definition) is 1. The maximum Gasteiger partial charge on any atom is 0.223 e. The monoisotopic (exact) mass is 233 g/mol. The van der Waals surface area contributed by atoms with E-state index in [0.29, 0.717) is 11.8 Å². The first-order chi connectivity index (χ1) is 5.75. The fraction of sp³-hybridized carbons (Fsp3) is 0.889. The summed E-state index contributed by atoms with van der Waals surface area (Å²) in [6.07, 6.45) is 3.31. The van der Waals surface area contributed by atoms with Gasteiger partial charge in [-0.1, -0.05) is 22.9 Å². The Morgan fingerprint density at radius 3 is 2.75 bits per heavy atom. The fourth-order valence-corrected chi connectivity index (χ4v) is 1.65. The highest BCUT2D eigenvalue weighted by atomic mass is 79.9. The predicted molar refractivity (Wildman–Crippen MR) is 53.3 cm³/mol. The minimum Gasteiger partial charge on any atom is -0.356 e. The zero-order valence-electron chi connectivity index (χ0n) is 7.48. The Hall–Kier alpha value is -0.0500. The summed E-state index contributed by atoms with van der Waals surface area (Å²) in [7, 11) is 0. The molecule has 1 saturated carbocycles. The highest BCUT2D eigenvalue weighted by Crippen LogP contribution is 2.37. The highest BCUT2D eigenvalue weighted by Gasteiger charge is 2.38. The molecule has 1 aliphatic carbocycles. The second kappa shape index (κ2) is 4.85. The molecule has 12 heavy (non-hydrogen) atoms. The van der Waals surface area contributed by atoms with Gasteiger partial charge in [-0.2, -0.15) is 0 Å². The second-order valence-electron chi connectivity index (χ2n) is 3.51. The standard InChI is InChI=1S/C9H16BrNO/c1-7-6-8(7)9(12)11-5-3-2-4-10/h7-8H,2-6H2,1H3,(H,11,12). The molecular weight excluding hydrogens is 218 g/mol. The molecule has 0 aromatic heterocycles. The number of carbonyl (C=O) groups is 1. The van der Waals surface area contributed by atoms with Crippen molar-refractivity contribution in [2.45, 2.75) is 26.2 Å². The van der Waals surface area contributed by atoms with E-state index in [-0.39, 0.29) is 5.91 Å². The van der Waals surface area contributed by atoms with Gasteiger partial charge in [-0.15, -0.1) is 0 Å². The predicted octanol–water partition coefficient (Wildman–Crippen LogP) is 1.93. The van der Waals surface area contributed by atoms with Crippen LogP contribution in [0.4, 0.5) is 0 Å². The van der Waals surface area contributed by atoms with Crippen molar-refractivity contribution in [1.82, 2.24) is 5.32 Å². The van der Waals surface area contributed by atoms with Crippen LogP contribution in [0.2, 0.25) is 0 Å². The average molecular weight is 234 g/mol. The van der Waals surface area contributed by atoms with Crippen LogP contribution in [-0.2, 0) is 4.79 Å². The summed E-state index contributed by atoms with van der Waals surface area (Å²) < 4.78 is 0. The lowest BCUT2D eigenvalue weighted by atomic mass is 10.3. The van der Waals surface area contributed by atoms with Gasteiger partial charge in [0, 0.05) is 17.8 Å². The maximum atomic E-state index is 11.3. The number of carbonyl (C=O) groups excluding carboxylic acids is 1. The minimum absolute atomic E-state index is 0.261. The van der Waals surface area contributed by atoms with Crippen molar-refractivity contribution >= 4 is 21.8 Å². The Bertz CT molecular complexity index is 161. The molecule has 1 aliphatic rings. The summed E-state index contributed by atoms with van der Waals surface area (Å²) >= 11 is 3.35. The van der Waals surface area contributed by atoms with E-state index < -0.39 is 0 Å². The third-order valence-electron chi connectivity index (χ3n) is 2.31.